The van der Waals surface area contributed by atoms with Gasteiger partial charge in [0.2, 0.25) is 0 Å². The number of benzene rings is 2. The van der Waals surface area contributed by atoms with Gasteiger partial charge in [-0.3, -0.25) is 0 Å². The SMILES string of the molecule is O=S(O)Cc1ccc(-c2ccccc2)cc1C(F)(F)F. The van der Waals surface area contributed by atoms with Crippen molar-refractivity contribution in [2.75, 3.05) is 0 Å². The highest BCUT2D eigenvalue weighted by Gasteiger charge is 2.33. The molecule has 106 valence electrons. The molecule has 6 heteroatoms. The van der Waals surface area contributed by atoms with Crippen LogP contribution in [0.1, 0.15) is 11.1 Å². The Kier molecular flexibility index (Phi) is 4.25. The normalized spacial score (nSPS) is 13.2. The molecule has 0 heterocycles. The molecule has 0 bridgehead atoms. The Labute approximate surface area is 116 Å². The lowest BCUT2D eigenvalue weighted by Crippen LogP contribution is -2.10. The van der Waals surface area contributed by atoms with Crippen LogP contribution in [0, 0.1) is 0 Å². The molecular weight excluding hydrogens is 289 g/mol. The number of hydrogen-bond donors (Lipinski definition) is 1. The number of alkyl halides is 3. The van der Waals surface area contributed by atoms with Crippen molar-refractivity contribution in [3.8, 4) is 11.1 Å². The van der Waals surface area contributed by atoms with Crippen LogP contribution in [-0.2, 0) is 23.0 Å². The van der Waals surface area contributed by atoms with Crippen molar-refractivity contribution < 1.29 is 21.9 Å². The van der Waals surface area contributed by atoms with E-state index in [1.165, 1.54) is 12.1 Å². The minimum absolute atomic E-state index is 0.182. The van der Waals surface area contributed by atoms with Gasteiger partial charge in [0.05, 0.1) is 11.3 Å². The maximum Gasteiger partial charge on any atom is 0.416 e. The van der Waals surface area contributed by atoms with Crippen LogP contribution in [0.3, 0.4) is 0 Å². The van der Waals surface area contributed by atoms with Crippen molar-refractivity contribution in [2.45, 2.75) is 11.9 Å². The minimum Gasteiger partial charge on any atom is -0.306 e. The summed E-state index contributed by atoms with van der Waals surface area (Å²) in [6, 6.07) is 12.4. The van der Waals surface area contributed by atoms with Crippen LogP contribution in [-0.4, -0.2) is 8.76 Å². The molecule has 0 saturated heterocycles. The summed E-state index contributed by atoms with van der Waals surface area (Å²) in [4.78, 5) is 0. The van der Waals surface area contributed by atoms with E-state index >= 15 is 0 Å². The third-order valence-electron chi connectivity index (χ3n) is 2.80. The van der Waals surface area contributed by atoms with Gasteiger partial charge in [0, 0.05) is 0 Å². The molecule has 1 unspecified atom stereocenters. The lowest BCUT2D eigenvalue weighted by atomic mass is 9.99. The highest BCUT2D eigenvalue weighted by Crippen LogP contribution is 2.35. The topological polar surface area (TPSA) is 37.3 Å². The summed E-state index contributed by atoms with van der Waals surface area (Å²) < 4.78 is 58.6. The molecule has 1 atom stereocenters. The molecule has 0 aliphatic heterocycles. The van der Waals surface area contributed by atoms with Crippen molar-refractivity contribution >= 4 is 11.1 Å². The van der Waals surface area contributed by atoms with Crippen LogP contribution in [0.5, 0.6) is 0 Å². The quantitative estimate of drug-likeness (QED) is 0.867. The van der Waals surface area contributed by atoms with E-state index in [0.717, 1.165) is 6.07 Å². The average molecular weight is 300 g/mol. The van der Waals surface area contributed by atoms with Crippen molar-refractivity contribution in [3.05, 3.63) is 59.7 Å². The number of rotatable bonds is 3. The Bertz CT molecular complexity index is 624. The second kappa shape index (κ2) is 5.76. The lowest BCUT2D eigenvalue weighted by molar-refractivity contribution is -0.138. The Morgan fingerprint density at radius 2 is 1.65 bits per heavy atom. The molecule has 0 spiro atoms. The van der Waals surface area contributed by atoms with Crippen LogP contribution in [0.25, 0.3) is 11.1 Å². The summed E-state index contributed by atoms with van der Waals surface area (Å²) in [6.07, 6.45) is -4.56. The van der Waals surface area contributed by atoms with Gasteiger partial charge in [-0.15, -0.1) is 0 Å². The van der Waals surface area contributed by atoms with E-state index in [2.05, 4.69) is 0 Å². The summed E-state index contributed by atoms with van der Waals surface area (Å²) in [5, 5.41) is 0. The summed E-state index contributed by atoms with van der Waals surface area (Å²) in [5.41, 5.74) is 0.0272. The van der Waals surface area contributed by atoms with Crippen LogP contribution < -0.4 is 0 Å². The second-order valence-corrected chi connectivity index (χ2v) is 5.13. The van der Waals surface area contributed by atoms with Crippen molar-refractivity contribution in [3.63, 3.8) is 0 Å². The van der Waals surface area contributed by atoms with E-state index in [1.54, 1.807) is 30.3 Å². The Balaban J connectivity index is 2.52. The summed E-state index contributed by atoms with van der Waals surface area (Å²) in [6.45, 7) is 0. The number of hydrogen-bond acceptors (Lipinski definition) is 1. The van der Waals surface area contributed by atoms with Crippen molar-refractivity contribution in [2.24, 2.45) is 0 Å². The zero-order valence-electron chi connectivity index (χ0n) is 10.2. The molecule has 0 saturated carbocycles. The summed E-state index contributed by atoms with van der Waals surface area (Å²) in [5.74, 6) is -0.538. The Morgan fingerprint density at radius 1 is 1.00 bits per heavy atom. The first kappa shape index (κ1) is 14.7. The van der Waals surface area contributed by atoms with E-state index in [0.29, 0.717) is 11.1 Å². The highest BCUT2D eigenvalue weighted by atomic mass is 32.2. The fourth-order valence-electron chi connectivity index (χ4n) is 1.91. The standard InChI is InChI=1S/C14H11F3O2S/c15-14(16,17)13-8-11(10-4-2-1-3-5-10)6-7-12(13)9-20(18)19/h1-8H,9H2,(H,18,19). The lowest BCUT2D eigenvalue weighted by Gasteiger charge is -2.13. The molecule has 1 N–H and O–H groups in total. The van der Waals surface area contributed by atoms with Gasteiger partial charge in [0.1, 0.15) is 0 Å². The van der Waals surface area contributed by atoms with E-state index in [4.69, 9.17) is 4.55 Å². The third-order valence-corrected chi connectivity index (χ3v) is 3.36. The predicted octanol–water partition coefficient (Wildman–Crippen LogP) is 4.09. The van der Waals surface area contributed by atoms with Gasteiger partial charge in [-0.05, 0) is 22.8 Å². The largest absolute Gasteiger partial charge is 0.416 e. The van der Waals surface area contributed by atoms with E-state index < -0.39 is 28.6 Å². The highest BCUT2D eigenvalue weighted by molar-refractivity contribution is 7.78. The molecule has 0 aliphatic rings. The molecule has 0 aromatic heterocycles. The van der Waals surface area contributed by atoms with Gasteiger partial charge >= 0.3 is 6.18 Å². The monoisotopic (exact) mass is 300 g/mol. The first-order valence-corrected chi connectivity index (χ1v) is 6.98. The minimum atomic E-state index is -4.56. The smallest absolute Gasteiger partial charge is 0.306 e. The first-order valence-electron chi connectivity index (χ1n) is 5.71. The van der Waals surface area contributed by atoms with Gasteiger partial charge in [0.15, 0.2) is 11.1 Å². The first-order chi connectivity index (χ1) is 9.38. The molecule has 2 rings (SSSR count). The third kappa shape index (κ3) is 3.46. The second-order valence-electron chi connectivity index (χ2n) is 4.20. The van der Waals surface area contributed by atoms with Crippen LogP contribution >= 0.6 is 0 Å². The van der Waals surface area contributed by atoms with Gasteiger partial charge in [-0.1, -0.05) is 42.5 Å². The zero-order valence-corrected chi connectivity index (χ0v) is 11.0. The van der Waals surface area contributed by atoms with Gasteiger partial charge in [-0.25, -0.2) is 4.21 Å². The summed E-state index contributed by atoms with van der Waals surface area (Å²) >= 11 is -2.31. The maximum atomic E-state index is 13.0. The fraction of sp³-hybridized carbons (Fsp3) is 0.143. The molecule has 0 radical (unpaired) electrons. The van der Waals surface area contributed by atoms with E-state index in [1.807, 2.05) is 0 Å². The Morgan fingerprint density at radius 3 is 2.20 bits per heavy atom. The summed E-state index contributed by atoms with van der Waals surface area (Å²) in [7, 11) is 0. The van der Waals surface area contributed by atoms with Gasteiger partial charge in [-0.2, -0.15) is 13.2 Å². The fourth-order valence-corrected chi connectivity index (χ4v) is 2.43. The molecule has 2 nitrogen and oxygen atoms in total. The van der Waals surface area contributed by atoms with Crippen molar-refractivity contribution in [1.82, 2.24) is 0 Å². The maximum absolute atomic E-state index is 13.0. The Hall–Kier alpha value is -1.66. The van der Waals surface area contributed by atoms with Crippen LogP contribution in [0.2, 0.25) is 0 Å². The van der Waals surface area contributed by atoms with Gasteiger partial charge in [0.25, 0.3) is 0 Å². The average Bonchev–Trinajstić information content (AvgIpc) is 2.38. The molecule has 20 heavy (non-hydrogen) atoms. The molecular formula is C14H11F3O2S. The molecule has 0 fully saturated rings. The van der Waals surface area contributed by atoms with Crippen LogP contribution in [0.15, 0.2) is 48.5 Å². The van der Waals surface area contributed by atoms with Crippen LogP contribution in [0.4, 0.5) is 13.2 Å². The molecule has 2 aromatic rings. The van der Waals surface area contributed by atoms with E-state index in [-0.39, 0.29) is 5.56 Å². The zero-order chi connectivity index (χ0) is 14.8. The number of halogens is 3. The van der Waals surface area contributed by atoms with Gasteiger partial charge < -0.3 is 4.55 Å². The molecule has 0 amide bonds. The molecule has 2 aromatic carbocycles. The molecule has 0 aliphatic carbocycles. The van der Waals surface area contributed by atoms with E-state index in [9.17, 15) is 17.4 Å². The predicted molar refractivity (Wildman–Crippen MR) is 71.4 cm³/mol. The van der Waals surface area contributed by atoms with Crippen molar-refractivity contribution in [1.29, 1.82) is 0 Å².